The summed E-state index contributed by atoms with van der Waals surface area (Å²) in [7, 11) is 0. The Morgan fingerprint density at radius 3 is 2.89 bits per heavy atom. The summed E-state index contributed by atoms with van der Waals surface area (Å²) in [6.07, 6.45) is 1.11. The van der Waals surface area contributed by atoms with E-state index in [1.54, 1.807) is 10.9 Å². The molecule has 102 valence electrons. The van der Waals surface area contributed by atoms with Crippen LogP contribution < -0.4 is 5.73 Å². The molecule has 1 aliphatic heterocycles. The van der Waals surface area contributed by atoms with E-state index in [2.05, 4.69) is 37.5 Å². The van der Waals surface area contributed by atoms with E-state index in [4.69, 9.17) is 15.6 Å². The molecule has 0 spiro atoms. The van der Waals surface area contributed by atoms with E-state index >= 15 is 0 Å². The van der Waals surface area contributed by atoms with Crippen LogP contribution in [0.25, 0.3) is 11.2 Å². The number of aliphatic hydroxyl groups excluding tert-OH is 2. The molecule has 1 fully saturated rings. The molecule has 1 aliphatic rings. The fourth-order valence-electron chi connectivity index (χ4n) is 2.13. The highest BCUT2D eigenvalue weighted by Crippen LogP contribution is 2.36. The zero-order valence-electron chi connectivity index (χ0n) is 9.72. The first-order chi connectivity index (χ1) is 9.13. The number of fused-ring (bicyclic) bond motifs is 1. The van der Waals surface area contributed by atoms with Gasteiger partial charge in [-0.2, -0.15) is 0 Å². The molecular weight excluding hydrogens is 365 g/mol. The molecule has 4 N–H and O–H groups in total. The number of aliphatic hydroxyl groups is 2. The van der Waals surface area contributed by atoms with Gasteiger partial charge in [-0.3, -0.25) is 4.57 Å². The van der Waals surface area contributed by atoms with Crippen molar-refractivity contribution in [1.82, 2.24) is 19.5 Å². The third-order valence-electron chi connectivity index (χ3n) is 3.13. The first kappa shape index (κ1) is 13.0. The Balaban J connectivity index is 2.04. The van der Waals surface area contributed by atoms with Crippen LogP contribution in [0.5, 0.6) is 0 Å². The highest BCUT2D eigenvalue weighted by molar-refractivity contribution is 14.1. The van der Waals surface area contributed by atoms with Crippen molar-refractivity contribution in [2.45, 2.75) is 22.4 Å². The summed E-state index contributed by atoms with van der Waals surface area (Å²) < 4.78 is 7.12. The topological polar surface area (TPSA) is 119 Å². The van der Waals surface area contributed by atoms with Crippen molar-refractivity contribution in [2.24, 2.45) is 0 Å². The number of hydrogen-bond acceptors (Lipinski definition) is 7. The number of imidazole rings is 1. The molecule has 2 aromatic heterocycles. The van der Waals surface area contributed by atoms with Crippen LogP contribution in [-0.2, 0) is 4.74 Å². The minimum absolute atomic E-state index is 0.219. The predicted octanol–water partition coefficient (Wildman–Crippen LogP) is -0.537. The Morgan fingerprint density at radius 1 is 1.42 bits per heavy atom. The number of ether oxygens (including phenoxy) is 1. The van der Waals surface area contributed by atoms with Gasteiger partial charge in [-0.15, -0.1) is 0 Å². The number of rotatable bonds is 2. The van der Waals surface area contributed by atoms with Crippen LogP contribution in [0.1, 0.15) is 6.23 Å². The van der Waals surface area contributed by atoms with Crippen LogP contribution in [0.4, 0.5) is 5.82 Å². The van der Waals surface area contributed by atoms with Crippen molar-refractivity contribution >= 4 is 39.6 Å². The van der Waals surface area contributed by atoms with Gasteiger partial charge in [0.25, 0.3) is 0 Å². The van der Waals surface area contributed by atoms with Crippen molar-refractivity contribution in [3.05, 3.63) is 12.7 Å². The molecule has 19 heavy (non-hydrogen) atoms. The molecule has 0 amide bonds. The number of nitrogens with two attached hydrogens (primary N) is 1. The molecule has 0 bridgehead atoms. The second-order valence-electron chi connectivity index (χ2n) is 4.27. The lowest BCUT2D eigenvalue weighted by Gasteiger charge is -2.16. The van der Waals surface area contributed by atoms with Crippen molar-refractivity contribution in [2.75, 3.05) is 12.3 Å². The zero-order chi connectivity index (χ0) is 13.6. The number of hydrogen-bond donors (Lipinski definition) is 3. The van der Waals surface area contributed by atoms with Gasteiger partial charge in [0.15, 0.2) is 17.7 Å². The lowest BCUT2D eigenvalue weighted by atomic mass is 10.2. The van der Waals surface area contributed by atoms with Gasteiger partial charge in [0.2, 0.25) is 0 Å². The number of anilines is 1. The standard InChI is InChI=1S/C10H12IN5O3/c11-5-7(18)4(1-17)19-10(5)16-3-15-6-8(12)13-2-14-9(6)16/h2-5,7,10,17-18H,1H2,(H2,12,13,14)/t4-,5?,7+,10-/m1/s1. The normalized spacial score (nSPS) is 31.1. The molecule has 4 atom stereocenters. The molecule has 2 aromatic rings. The zero-order valence-corrected chi connectivity index (χ0v) is 11.9. The van der Waals surface area contributed by atoms with Crippen LogP contribution in [0.15, 0.2) is 12.7 Å². The molecule has 0 aliphatic carbocycles. The maximum absolute atomic E-state index is 9.97. The maximum Gasteiger partial charge on any atom is 0.167 e. The first-order valence-electron chi connectivity index (χ1n) is 5.65. The number of halogens is 1. The molecule has 0 radical (unpaired) electrons. The van der Waals surface area contributed by atoms with E-state index in [1.165, 1.54) is 6.33 Å². The predicted molar refractivity (Wildman–Crippen MR) is 74.5 cm³/mol. The Bertz CT molecular complexity index is 606. The monoisotopic (exact) mass is 377 g/mol. The van der Waals surface area contributed by atoms with E-state index in [9.17, 15) is 5.11 Å². The van der Waals surface area contributed by atoms with Gasteiger partial charge in [-0.05, 0) is 0 Å². The van der Waals surface area contributed by atoms with Gasteiger partial charge in [-0.25, -0.2) is 15.0 Å². The average Bonchev–Trinajstić information content (AvgIpc) is 2.94. The summed E-state index contributed by atoms with van der Waals surface area (Å²) in [5.74, 6) is 0.297. The smallest absolute Gasteiger partial charge is 0.167 e. The minimum Gasteiger partial charge on any atom is -0.394 e. The quantitative estimate of drug-likeness (QED) is 0.475. The lowest BCUT2D eigenvalue weighted by molar-refractivity contribution is -0.0429. The highest BCUT2D eigenvalue weighted by Gasteiger charge is 2.43. The van der Waals surface area contributed by atoms with Crippen LogP contribution in [0.2, 0.25) is 0 Å². The third kappa shape index (κ3) is 1.96. The highest BCUT2D eigenvalue weighted by atomic mass is 127. The molecule has 3 heterocycles. The maximum atomic E-state index is 9.97. The number of alkyl halides is 1. The summed E-state index contributed by atoms with van der Waals surface area (Å²) >= 11 is 2.09. The lowest BCUT2D eigenvalue weighted by Crippen LogP contribution is -2.29. The van der Waals surface area contributed by atoms with Gasteiger partial charge < -0.3 is 20.7 Å². The fraction of sp³-hybridized carbons (Fsp3) is 0.500. The Morgan fingerprint density at radius 2 is 2.21 bits per heavy atom. The second kappa shape index (κ2) is 4.81. The van der Waals surface area contributed by atoms with Gasteiger partial charge in [0, 0.05) is 0 Å². The van der Waals surface area contributed by atoms with E-state index in [1.807, 2.05) is 0 Å². The minimum atomic E-state index is -0.743. The molecular formula is C10H12IN5O3. The summed E-state index contributed by atoms with van der Waals surface area (Å²) in [4.78, 5) is 12.2. The van der Waals surface area contributed by atoms with Crippen LogP contribution in [0.3, 0.4) is 0 Å². The number of nitrogens with zero attached hydrogens (tertiary/aromatic N) is 4. The number of aromatic nitrogens is 4. The molecule has 9 heteroatoms. The molecule has 3 rings (SSSR count). The molecule has 0 saturated carbocycles. The summed E-state index contributed by atoms with van der Waals surface area (Å²) in [5, 5.41) is 19.1. The van der Waals surface area contributed by atoms with E-state index in [0.29, 0.717) is 17.0 Å². The van der Waals surface area contributed by atoms with E-state index in [0.717, 1.165) is 0 Å². The SMILES string of the molecule is Nc1ncnc2c1ncn2[C@@H]1O[C@H](CO)[C@H](O)C1I. The Kier molecular flexibility index (Phi) is 3.28. The van der Waals surface area contributed by atoms with Gasteiger partial charge in [0.05, 0.1) is 23.0 Å². The first-order valence-corrected chi connectivity index (χ1v) is 6.89. The average molecular weight is 377 g/mol. The van der Waals surface area contributed by atoms with Crippen LogP contribution in [0, 0.1) is 0 Å². The second-order valence-corrected chi connectivity index (χ2v) is 5.70. The van der Waals surface area contributed by atoms with Crippen LogP contribution in [-0.4, -0.2) is 52.5 Å². The molecule has 1 saturated heterocycles. The molecule has 0 aromatic carbocycles. The third-order valence-corrected chi connectivity index (χ3v) is 4.49. The Hall–Kier alpha value is -1.04. The van der Waals surface area contributed by atoms with Crippen molar-refractivity contribution in [1.29, 1.82) is 0 Å². The van der Waals surface area contributed by atoms with Crippen LogP contribution >= 0.6 is 22.6 Å². The summed E-state index contributed by atoms with van der Waals surface area (Å²) in [6.45, 7) is -0.235. The summed E-state index contributed by atoms with van der Waals surface area (Å²) in [5.41, 5.74) is 6.77. The van der Waals surface area contributed by atoms with Crippen molar-refractivity contribution in [3.63, 3.8) is 0 Å². The summed E-state index contributed by atoms with van der Waals surface area (Å²) in [6, 6.07) is 0. The number of nitrogen functional groups attached to an aromatic ring is 1. The van der Waals surface area contributed by atoms with Crippen molar-refractivity contribution in [3.8, 4) is 0 Å². The molecule has 1 unspecified atom stereocenters. The van der Waals surface area contributed by atoms with Gasteiger partial charge in [0.1, 0.15) is 17.9 Å². The van der Waals surface area contributed by atoms with Gasteiger partial charge in [-0.1, -0.05) is 22.6 Å². The van der Waals surface area contributed by atoms with Crippen molar-refractivity contribution < 1.29 is 14.9 Å². The molecule has 8 nitrogen and oxygen atoms in total. The van der Waals surface area contributed by atoms with Gasteiger partial charge >= 0.3 is 0 Å². The Labute approximate surface area is 121 Å². The van der Waals surface area contributed by atoms with E-state index in [-0.39, 0.29) is 10.5 Å². The fourth-order valence-corrected chi connectivity index (χ4v) is 3.11. The van der Waals surface area contributed by atoms with E-state index < -0.39 is 18.4 Å². The largest absolute Gasteiger partial charge is 0.394 e.